The Morgan fingerprint density at radius 2 is 2.00 bits per heavy atom. The molecule has 1 heterocycles. The largest absolute Gasteiger partial charge is 0.399 e. The third kappa shape index (κ3) is 2.05. The molecule has 0 aliphatic heterocycles. The summed E-state index contributed by atoms with van der Waals surface area (Å²) in [7, 11) is 0. The molecule has 0 aliphatic rings. The Bertz CT molecular complexity index is 795. The molecule has 0 fully saturated rings. The van der Waals surface area contributed by atoms with E-state index in [1.54, 1.807) is 25.1 Å². The van der Waals surface area contributed by atoms with Crippen molar-refractivity contribution >= 4 is 28.4 Å². The van der Waals surface area contributed by atoms with Crippen molar-refractivity contribution in [2.24, 2.45) is 0 Å². The van der Waals surface area contributed by atoms with Crippen molar-refractivity contribution in [2.45, 2.75) is 6.92 Å². The molecule has 0 aliphatic carbocycles. The molecule has 3 rings (SSSR count). The lowest BCUT2D eigenvalue weighted by molar-refractivity contribution is 0.584. The Balaban J connectivity index is 2.03. The lowest BCUT2D eigenvalue weighted by Crippen LogP contribution is -2.00. The zero-order valence-corrected chi connectivity index (χ0v) is 10.7. The van der Waals surface area contributed by atoms with Gasteiger partial charge >= 0.3 is 0 Å². The fourth-order valence-corrected chi connectivity index (χ4v) is 1.98. The van der Waals surface area contributed by atoms with Crippen LogP contribution in [0, 0.1) is 18.6 Å². The van der Waals surface area contributed by atoms with Gasteiger partial charge in [0, 0.05) is 5.69 Å². The van der Waals surface area contributed by atoms with E-state index in [1.165, 1.54) is 12.1 Å². The van der Waals surface area contributed by atoms with Gasteiger partial charge in [0.25, 0.3) is 0 Å². The predicted octanol–water partition coefficient (Wildman–Crippen LogP) is 3.48. The van der Waals surface area contributed by atoms with Gasteiger partial charge in [-0.2, -0.15) is 0 Å². The fourth-order valence-electron chi connectivity index (χ4n) is 1.98. The number of nitrogens with one attached hydrogen (secondary N) is 2. The molecule has 0 unspecified atom stereocenters. The molecule has 3 aromatic rings. The van der Waals surface area contributed by atoms with Crippen LogP contribution in [-0.2, 0) is 0 Å². The van der Waals surface area contributed by atoms with Crippen molar-refractivity contribution in [3.63, 3.8) is 0 Å². The molecule has 0 atom stereocenters. The van der Waals surface area contributed by atoms with Crippen molar-refractivity contribution in [3.8, 4) is 0 Å². The van der Waals surface area contributed by atoms with Crippen LogP contribution in [0.3, 0.4) is 0 Å². The highest BCUT2D eigenvalue weighted by Crippen LogP contribution is 2.26. The minimum absolute atomic E-state index is 0.225. The average molecular weight is 274 g/mol. The van der Waals surface area contributed by atoms with Crippen LogP contribution in [0.5, 0.6) is 0 Å². The van der Waals surface area contributed by atoms with Crippen LogP contribution >= 0.6 is 0 Å². The number of rotatable bonds is 2. The van der Waals surface area contributed by atoms with E-state index in [4.69, 9.17) is 5.73 Å². The van der Waals surface area contributed by atoms with Gasteiger partial charge in [-0.05, 0) is 36.8 Å². The van der Waals surface area contributed by atoms with Crippen molar-refractivity contribution in [3.05, 3.63) is 47.5 Å². The number of benzene rings is 2. The van der Waals surface area contributed by atoms with E-state index >= 15 is 0 Å². The van der Waals surface area contributed by atoms with Crippen LogP contribution in [0.1, 0.15) is 5.56 Å². The first-order valence-electron chi connectivity index (χ1n) is 6.01. The van der Waals surface area contributed by atoms with Crippen LogP contribution in [0.25, 0.3) is 11.0 Å². The van der Waals surface area contributed by atoms with Gasteiger partial charge in [-0.15, -0.1) is 0 Å². The summed E-state index contributed by atoms with van der Waals surface area (Å²) >= 11 is 0. The molecule has 0 saturated carbocycles. The van der Waals surface area contributed by atoms with Gasteiger partial charge in [0.2, 0.25) is 5.95 Å². The minimum atomic E-state index is -0.673. The summed E-state index contributed by atoms with van der Waals surface area (Å²) in [6.07, 6.45) is 0. The summed E-state index contributed by atoms with van der Waals surface area (Å²) in [5.74, 6) is -1.05. The molecule has 0 spiro atoms. The molecule has 102 valence electrons. The molecule has 2 aromatic carbocycles. The molecular formula is C14H12F2N4. The summed E-state index contributed by atoms with van der Waals surface area (Å²) < 4.78 is 27.6. The molecule has 1 aromatic heterocycles. The van der Waals surface area contributed by atoms with Crippen molar-refractivity contribution in [1.29, 1.82) is 0 Å². The molecule has 4 N–H and O–H groups in total. The molecule has 0 radical (unpaired) electrons. The van der Waals surface area contributed by atoms with Crippen LogP contribution in [0.15, 0.2) is 30.3 Å². The van der Waals surface area contributed by atoms with Gasteiger partial charge in [-0.25, -0.2) is 13.8 Å². The van der Waals surface area contributed by atoms with E-state index < -0.39 is 11.6 Å². The topological polar surface area (TPSA) is 66.7 Å². The molecule has 0 amide bonds. The first-order valence-corrected chi connectivity index (χ1v) is 6.01. The first kappa shape index (κ1) is 12.4. The highest BCUT2D eigenvalue weighted by Gasteiger charge is 2.13. The van der Waals surface area contributed by atoms with Gasteiger partial charge in [-0.1, -0.05) is 6.07 Å². The van der Waals surface area contributed by atoms with Gasteiger partial charge in [-0.3, -0.25) is 0 Å². The maximum absolute atomic E-state index is 13.9. The molecule has 4 nitrogen and oxygen atoms in total. The standard InChI is InChI=1S/C14H12F2N4/c1-7-2-4-9(15)13(12(7)16)20-14-18-10-5-3-8(17)6-11(10)19-14/h2-6H,17H2,1H3,(H2,18,19,20). The van der Waals surface area contributed by atoms with E-state index in [2.05, 4.69) is 15.3 Å². The number of hydrogen-bond acceptors (Lipinski definition) is 3. The number of nitrogen functional groups attached to an aromatic ring is 1. The lowest BCUT2D eigenvalue weighted by atomic mass is 10.2. The maximum atomic E-state index is 13.9. The third-order valence-corrected chi connectivity index (χ3v) is 3.03. The summed E-state index contributed by atoms with van der Waals surface area (Å²) in [6.45, 7) is 1.57. The number of aryl methyl sites for hydroxylation is 1. The molecule has 20 heavy (non-hydrogen) atoms. The number of aromatic amines is 1. The van der Waals surface area contributed by atoms with Crippen LogP contribution in [0.4, 0.5) is 26.1 Å². The summed E-state index contributed by atoms with van der Waals surface area (Å²) in [5, 5.41) is 2.63. The number of halogens is 2. The van der Waals surface area contributed by atoms with Crippen LogP contribution in [0.2, 0.25) is 0 Å². The first-order chi connectivity index (χ1) is 9.54. The van der Waals surface area contributed by atoms with E-state index in [1.807, 2.05) is 0 Å². The Morgan fingerprint density at radius 1 is 1.20 bits per heavy atom. The normalized spacial score (nSPS) is 10.9. The minimum Gasteiger partial charge on any atom is -0.399 e. The molecule has 0 saturated heterocycles. The Labute approximate surface area is 113 Å². The number of imidazole rings is 1. The SMILES string of the molecule is Cc1ccc(F)c(Nc2nc3ccc(N)cc3[nH]2)c1F. The van der Waals surface area contributed by atoms with Gasteiger partial charge in [0.1, 0.15) is 11.5 Å². The lowest BCUT2D eigenvalue weighted by Gasteiger charge is -2.07. The van der Waals surface area contributed by atoms with Gasteiger partial charge in [0.15, 0.2) is 5.82 Å². The second kappa shape index (κ2) is 4.48. The highest BCUT2D eigenvalue weighted by molar-refractivity contribution is 5.81. The zero-order valence-electron chi connectivity index (χ0n) is 10.7. The number of H-pyrrole nitrogens is 1. The van der Waals surface area contributed by atoms with Gasteiger partial charge in [0.05, 0.1) is 11.0 Å². The van der Waals surface area contributed by atoms with E-state index in [0.717, 1.165) is 0 Å². The summed E-state index contributed by atoms with van der Waals surface area (Å²) in [6, 6.07) is 7.74. The van der Waals surface area contributed by atoms with Crippen molar-refractivity contribution in [2.75, 3.05) is 11.1 Å². The molecular weight excluding hydrogens is 262 g/mol. The highest BCUT2D eigenvalue weighted by atomic mass is 19.1. The summed E-state index contributed by atoms with van der Waals surface area (Å²) in [5.41, 5.74) is 7.74. The van der Waals surface area contributed by atoms with Crippen molar-refractivity contribution < 1.29 is 8.78 Å². The summed E-state index contributed by atoms with van der Waals surface area (Å²) in [4.78, 5) is 7.13. The number of nitrogens with two attached hydrogens (primary N) is 1. The Kier molecular flexibility index (Phi) is 2.78. The molecule has 6 heteroatoms. The Morgan fingerprint density at radius 3 is 2.80 bits per heavy atom. The Hall–Kier alpha value is -2.63. The second-order valence-corrected chi connectivity index (χ2v) is 4.54. The maximum Gasteiger partial charge on any atom is 0.205 e. The van der Waals surface area contributed by atoms with Crippen molar-refractivity contribution in [1.82, 2.24) is 9.97 Å². The quantitative estimate of drug-likeness (QED) is 0.627. The number of nitrogens with zero attached hydrogens (tertiary/aromatic N) is 1. The fraction of sp³-hybridized carbons (Fsp3) is 0.0714. The smallest absolute Gasteiger partial charge is 0.205 e. The number of anilines is 3. The van der Waals surface area contributed by atoms with Crippen LogP contribution in [-0.4, -0.2) is 9.97 Å². The monoisotopic (exact) mass is 274 g/mol. The molecule has 0 bridgehead atoms. The number of aromatic nitrogens is 2. The zero-order chi connectivity index (χ0) is 14.3. The van der Waals surface area contributed by atoms with E-state index in [0.29, 0.717) is 22.3 Å². The number of hydrogen-bond donors (Lipinski definition) is 3. The van der Waals surface area contributed by atoms with E-state index in [9.17, 15) is 8.78 Å². The third-order valence-electron chi connectivity index (χ3n) is 3.03. The predicted molar refractivity (Wildman–Crippen MR) is 74.9 cm³/mol. The van der Waals surface area contributed by atoms with Crippen LogP contribution < -0.4 is 11.1 Å². The van der Waals surface area contributed by atoms with E-state index in [-0.39, 0.29) is 11.6 Å². The number of fused-ring (bicyclic) bond motifs is 1. The second-order valence-electron chi connectivity index (χ2n) is 4.54. The average Bonchev–Trinajstić information content (AvgIpc) is 2.81. The van der Waals surface area contributed by atoms with Gasteiger partial charge < -0.3 is 16.0 Å².